The molecule has 1 atom stereocenters. The lowest BCUT2D eigenvalue weighted by molar-refractivity contribution is -0.167. The van der Waals surface area contributed by atoms with Crippen LogP contribution in [0, 0.1) is 0 Å². The van der Waals surface area contributed by atoms with Gasteiger partial charge in [0.2, 0.25) is 0 Å². The van der Waals surface area contributed by atoms with Gasteiger partial charge in [-0.25, -0.2) is 0 Å². The molecule has 0 aromatic heterocycles. The zero-order valence-corrected chi connectivity index (χ0v) is 53.0. The fraction of sp³-hybridized carbons (Fsp3) is 0.693. The van der Waals surface area contributed by atoms with Crippen LogP contribution in [0.3, 0.4) is 0 Å². The third-order valence-electron chi connectivity index (χ3n) is 14.5. The fourth-order valence-corrected chi connectivity index (χ4v) is 9.37. The number of rotatable bonds is 61. The summed E-state index contributed by atoms with van der Waals surface area (Å²) in [4.78, 5) is 38.4. The molecule has 0 amide bonds. The minimum Gasteiger partial charge on any atom is -0.462 e. The highest BCUT2D eigenvalue weighted by atomic mass is 16.6. The summed E-state index contributed by atoms with van der Waals surface area (Å²) in [6.45, 7) is 6.50. The van der Waals surface area contributed by atoms with Gasteiger partial charge in [-0.1, -0.05) is 303 Å². The van der Waals surface area contributed by atoms with Gasteiger partial charge in [0.25, 0.3) is 0 Å². The van der Waals surface area contributed by atoms with Crippen LogP contribution in [-0.2, 0) is 28.6 Å². The Bertz CT molecular complexity index is 1670. The predicted octanol–water partition coefficient (Wildman–Crippen LogP) is 23.6. The van der Waals surface area contributed by atoms with Gasteiger partial charge < -0.3 is 14.2 Å². The van der Waals surface area contributed by atoms with Crippen molar-refractivity contribution >= 4 is 17.9 Å². The van der Waals surface area contributed by atoms with Crippen molar-refractivity contribution in [3.8, 4) is 0 Å². The lowest BCUT2D eigenvalue weighted by Gasteiger charge is -2.18. The van der Waals surface area contributed by atoms with E-state index in [9.17, 15) is 14.4 Å². The molecule has 0 rings (SSSR count). The Morgan fingerprint density at radius 2 is 0.481 bits per heavy atom. The minimum atomic E-state index is -0.800. The molecule has 6 heteroatoms. The molecule has 0 spiro atoms. The number of esters is 3. The van der Waals surface area contributed by atoms with E-state index < -0.39 is 6.10 Å². The molecular formula is C75H126O6. The van der Waals surface area contributed by atoms with Crippen LogP contribution in [0.25, 0.3) is 0 Å². The minimum absolute atomic E-state index is 0.0921. The van der Waals surface area contributed by atoms with Crippen LogP contribution >= 0.6 is 0 Å². The second-order valence-corrected chi connectivity index (χ2v) is 22.4. The van der Waals surface area contributed by atoms with Crippen molar-refractivity contribution in [2.45, 2.75) is 322 Å². The summed E-state index contributed by atoms with van der Waals surface area (Å²) >= 11 is 0. The highest BCUT2D eigenvalue weighted by molar-refractivity contribution is 5.71. The van der Waals surface area contributed by atoms with E-state index in [0.29, 0.717) is 19.3 Å². The molecule has 81 heavy (non-hydrogen) atoms. The van der Waals surface area contributed by atoms with Gasteiger partial charge in [0.1, 0.15) is 13.2 Å². The summed E-state index contributed by atoms with van der Waals surface area (Å²) < 4.78 is 16.9. The van der Waals surface area contributed by atoms with E-state index >= 15 is 0 Å². The van der Waals surface area contributed by atoms with E-state index in [0.717, 1.165) is 116 Å². The van der Waals surface area contributed by atoms with E-state index in [4.69, 9.17) is 14.2 Å². The van der Waals surface area contributed by atoms with Crippen LogP contribution in [0.15, 0.2) is 122 Å². The average molecular weight is 1120 g/mol. The normalized spacial score (nSPS) is 12.9. The fourth-order valence-electron chi connectivity index (χ4n) is 9.37. The molecule has 0 saturated carbocycles. The van der Waals surface area contributed by atoms with Gasteiger partial charge in [-0.05, 0) is 116 Å². The first-order chi connectivity index (χ1) is 40.0. The second kappa shape index (κ2) is 68.3. The number of carbonyl (C=O) groups excluding carboxylic acids is 3. The first-order valence-corrected chi connectivity index (χ1v) is 34.0. The molecule has 6 nitrogen and oxygen atoms in total. The highest BCUT2D eigenvalue weighted by Crippen LogP contribution is 2.16. The molecule has 0 fully saturated rings. The van der Waals surface area contributed by atoms with Crippen LogP contribution in [0.2, 0.25) is 0 Å². The maximum Gasteiger partial charge on any atom is 0.306 e. The van der Waals surface area contributed by atoms with Crippen molar-refractivity contribution in [3.63, 3.8) is 0 Å². The van der Waals surface area contributed by atoms with Gasteiger partial charge in [-0.2, -0.15) is 0 Å². The second-order valence-electron chi connectivity index (χ2n) is 22.4. The topological polar surface area (TPSA) is 78.9 Å². The highest BCUT2D eigenvalue weighted by Gasteiger charge is 2.19. The molecule has 0 N–H and O–H groups in total. The lowest BCUT2D eigenvalue weighted by atomic mass is 10.0. The van der Waals surface area contributed by atoms with Gasteiger partial charge >= 0.3 is 17.9 Å². The number of hydrogen-bond acceptors (Lipinski definition) is 6. The van der Waals surface area contributed by atoms with Gasteiger partial charge in [-0.3, -0.25) is 14.4 Å². The number of carbonyl (C=O) groups is 3. The van der Waals surface area contributed by atoms with Crippen LogP contribution in [0.5, 0.6) is 0 Å². The first-order valence-electron chi connectivity index (χ1n) is 34.0. The Morgan fingerprint density at radius 3 is 0.778 bits per heavy atom. The van der Waals surface area contributed by atoms with Crippen LogP contribution < -0.4 is 0 Å². The molecule has 462 valence electrons. The maximum atomic E-state index is 12.9. The van der Waals surface area contributed by atoms with Gasteiger partial charge in [0, 0.05) is 19.3 Å². The average Bonchev–Trinajstić information content (AvgIpc) is 3.46. The van der Waals surface area contributed by atoms with E-state index in [1.54, 1.807) is 0 Å². The number of ether oxygens (including phenoxy) is 3. The largest absolute Gasteiger partial charge is 0.462 e. The van der Waals surface area contributed by atoms with Crippen molar-refractivity contribution in [1.29, 1.82) is 0 Å². The Labute approximate surface area is 501 Å². The molecule has 0 aromatic rings. The summed E-state index contributed by atoms with van der Waals surface area (Å²) in [6, 6.07) is 0. The monoisotopic (exact) mass is 1120 g/mol. The van der Waals surface area contributed by atoms with Gasteiger partial charge in [-0.15, -0.1) is 0 Å². The Morgan fingerprint density at radius 1 is 0.259 bits per heavy atom. The van der Waals surface area contributed by atoms with E-state index in [1.165, 1.54) is 161 Å². The van der Waals surface area contributed by atoms with Crippen LogP contribution in [0.4, 0.5) is 0 Å². The first kappa shape index (κ1) is 76.8. The lowest BCUT2D eigenvalue weighted by Crippen LogP contribution is -2.30. The number of hydrogen-bond donors (Lipinski definition) is 0. The molecule has 0 radical (unpaired) electrons. The van der Waals surface area contributed by atoms with Crippen molar-refractivity contribution in [3.05, 3.63) is 122 Å². The summed E-state index contributed by atoms with van der Waals surface area (Å²) in [6.07, 6.45) is 95.0. The number of unbranched alkanes of at least 4 members (excludes halogenated alkanes) is 30. The SMILES string of the molecule is CC/C=C\C/C=C\C/C=C\C/C=C\C/C=C\C/C=C\C/C=C\C/C=C\CCCCC(=O)OCC(COC(=O)CCCCCCCCCCCCCCC)OC(=O)CCCCCCCCCCCCC/C=C\C/C=C\CCCCCCC. The Balaban J connectivity index is 4.41. The van der Waals surface area contributed by atoms with E-state index in [2.05, 4.69) is 142 Å². The quantitative estimate of drug-likeness (QED) is 0.0261. The molecule has 0 saturated heterocycles. The van der Waals surface area contributed by atoms with E-state index in [-0.39, 0.29) is 31.1 Å². The molecular weight excluding hydrogens is 997 g/mol. The summed E-state index contributed by atoms with van der Waals surface area (Å²) in [5.74, 6) is -0.931. The predicted molar refractivity (Wildman–Crippen MR) is 353 cm³/mol. The zero-order chi connectivity index (χ0) is 58.5. The van der Waals surface area contributed by atoms with Crippen molar-refractivity contribution in [1.82, 2.24) is 0 Å². The van der Waals surface area contributed by atoms with Crippen LogP contribution in [0.1, 0.15) is 316 Å². The third kappa shape index (κ3) is 66.5. The van der Waals surface area contributed by atoms with Gasteiger partial charge in [0.15, 0.2) is 6.10 Å². The van der Waals surface area contributed by atoms with Gasteiger partial charge in [0.05, 0.1) is 0 Å². The molecule has 0 heterocycles. The molecule has 0 aliphatic carbocycles. The number of allylic oxidation sites excluding steroid dienone is 20. The summed E-state index contributed by atoms with van der Waals surface area (Å²) in [5.41, 5.74) is 0. The molecule has 0 bridgehead atoms. The van der Waals surface area contributed by atoms with Crippen molar-refractivity contribution in [2.75, 3.05) is 13.2 Å². The molecule has 0 aliphatic rings. The van der Waals surface area contributed by atoms with Crippen molar-refractivity contribution < 1.29 is 28.6 Å². The van der Waals surface area contributed by atoms with Crippen LogP contribution in [-0.4, -0.2) is 37.2 Å². The molecule has 0 aliphatic heterocycles. The van der Waals surface area contributed by atoms with E-state index in [1.807, 2.05) is 0 Å². The third-order valence-corrected chi connectivity index (χ3v) is 14.5. The smallest absolute Gasteiger partial charge is 0.306 e. The summed E-state index contributed by atoms with van der Waals surface area (Å²) in [7, 11) is 0. The summed E-state index contributed by atoms with van der Waals surface area (Å²) in [5, 5.41) is 0. The maximum absolute atomic E-state index is 12.9. The molecule has 1 unspecified atom stereocenters. The molecule has 0 aromatic carbocycles. The Hall–Kier alpha value is -4.19. The zero-order valence-electron chi connectivity index (χ0n) is 53.0. The standard InChI is InChI=1S/C75H126O6/c1-4-7-10-13-16-19-22-25-27-29-31-33-35-36-37-38-40-41-43-45-47-50-53-56-59-62-65-68-74(77)80-71-72(70-79-73(76)67-64-61-58-55-52-49-24-21-18-15-12-9-6-3)81-75(78)69-66-63-60-57-54-51-48-46-44-42-39-34-32-30-28-26-23-20-17-14-11-8-5-2/h7,10,16,19,23,25-27,30-33,36-37,40-41,45,47,53,56,72H,4-6,8-9,11-15,17-18,20-22,24,28-29,34-35,38-39,42-44,46,48-52,54-55,57-71H2,1-3H3/b10-7-,19-16-,26-23-,27-25-,32-30-,33-31-,37-36-,41-40-,47-45-,56-53-. The Kier molecular flexibility index (Phi) is 64.8. The van der Waals surface area contributed by atoms with Crippen molar-refractivity contribution in [2.24, 2.45) is 0 Å².